The number of ether oxygens (including phenoxy) is 2. The van der Waals surface area contributed by atoms with Gasteiger partial charge in [-0.05, 0) is 80.2 Å². The van der Waals surface area contributed by atoms with Crippen molar-refractivity contribution in [3.05, 3.63) is 94.3 Å². The largest absolute Gasteiger partial charge is 0.393 e. The third-order valence-electron chi connectivity index (χ3n) is 11.9. The van der Waals surface area contributed by atoms with Crippen molar-refractivity contribution in [3.8, 4) is 0 Å². The minimum absolute atomic E-state index is 0.0168. The Morgan fingerprint density at radius 1 is 1.09 bits per heavy atom. The molecule has 7 rings (SSSR count). The lowest BCUT2D eigenvalue weighted by molar-refractivity contribution is -0.201. The van der Waals surface area contributed by atoms with E-state index in [2.05, 4.69) is 6.92 Å². The zero-order chi connectivity index (χ0) is 31.9. The summed E-state index contributed by atoms with van der Waals surface area (Å²) in [5.41, 5.74) is 0.639. The van der Waals surface area contributed by atoms with Crippen LogP contribution < -0.4 is 0 Å². The first-order valence-electron chi connectivity index (χ1n) is 15.9. The van der Waals surface area contributed by atoms with Crippen molar-refractivity contribution in [2.45, 2.75) is 77.0 Å². The Kier molecular flexibility index (Phi) is 7.17. The Bertz CT molecular complexity index is 1640. The van der Waals surface area contributed by atoms with Gasteiger partial charge in [0.25, 0.3) is 0 Å². The standard InChI is InChI=1S/C37H39FO7/c1-20(40)23-7-4-21(5-8-23)14-22-6-10-27(29(38)15-22)34-44-32-17-28-26-11-9-24-16-25(41)12-13-35(24,2)33(26)30(42)18-36(28,3)37(32,45-34)31(43)19-39/h4-8,10,12-13,15-16,26,28,30,32-34,39,42H,9,11,14,17-19H2,1-3H3/t26-,28-,30-,32+,33+,34+,35-,36-,37+/m0/s1. The van der Waals surface area contributed by atoms with Gasteiger partial charge in [0.1, 0.15) is 12.4 Å². The van der Waals surface area contributed by atoms with Crippen LogP contribution >= 0.6 is 0 Å². The normalized spacial score (nSPS) is 38.2. The van der Waals surface area contributed by atoms with Gasteiger partial charge < -0.3 is 19.7 Å². The molecule has 3 saturated carbocycles. The second kappa shape index (κ2) is 10.6. The molecule has 0 aromatic heterocycles. The number of allylic oxidation sites excluding steroid dienone is 4. The Hall–Kier alpha value is -3.30. The van der Waals surface area contributed by atoms with Gasteiger partial charge >= 0.3 is 0 Å². The fourth-order valence-electron chi connectivity index (χ4n) is 9.79. The Morgan fingerprint density at radius 2 is 1.82 bits per heavy atom. The van der Waals surface area contributed by atoms with E-state index in [0.29, 0.717) is 18.4 Å². The van der Waals surface area contributed by atoms with Crippen molar-refractivity contribution in [2.75, 3.05) is 6.61 Å². The van der Waals surface area contributed by atoms with Gasteiger partial charge in [-0.3, -0.25) is 14.4 Å². The molecule has 2 aromatic carbocycles. The van der Waals surface area contributed by atoms with E-state index in [0.717, 1.165) is 29.5 Å². The number of fused-ring (bicyclic) bond motifs is 7. The molecule has 0 amide bonds. The summed E-state index contributed by atoms with van der Waals surface area (Å²) in [6.07, 6.45) is 5.29. The minimum atomic E-state index is -1.54. The van der Waals surface area contributed by atoms with Crippen LogP contribution in [0.3, 0.4) is 0 Å². The number of carbonyl (C=O) groups excluding carboxylic acids is 3. The lowest BCUT2D eigenvalue weighted by Crippen LogP contribution is -2.63. The molecule has 5 aliphatic rings. The van der Waals surface area contributed by atoms with Crippen LogP contribution in [0, 0.1) is 34.4 Å². The maximum Gasteiger partial charge on any atom is 0.193 e. The maximum atomic E-state index is 15.7. The van der Waals surface area contributed by atoms with Crippen LogP contribution in [-0.4, -0.2) is 52.0 Å². The Labute approximate surface area is 262 Å². The van der Waals surface area contributed by atoms with Crippen molar-refractivity contribution < 1.29 is 38.5 Å². The molecule has 9 atom stereocenters. The average molecular weight is 615 g/mol. The van der Waals surface area contributed by atoms with E-state index < -0.39 is 53.1 Å². The van der Waals surface area contributed by atoms with E-state index in [-0.39, 0.29) is 41.3 Å². The highest BCUT2D eigenvalue weighted by atomic mass is 19.1. The first-order valence-corrected chi connectivity index (χ1v) is 15.9. The summed E-state index contributed by atoms with van der Waals surface area (Å²) in [6, 6.07) is 12.1. The number of hydrogen-bond donors (Lipinski definition) is 2. The predicted molar refractivity (Wildman–Crippen MR) is 163 cm³/mol. The lowest BCUT2D eigenvalue weighted by Gasteiger charge is -2.59. The number of hydrogen-bond acceptors (Lipinski definition) is 7. The summed E-state index contributed by atoms with van der Waals surface area (Å²) < 4.78 is 28.6. The average Bonchev–Trinajstić information content (AvgIpc) is 3.50. The van der Waals surface area contributed by atoms with E-state index in [4.69, 9.17) is 9.47 Å². The van der Waals surface area contributed by atoms with Crippen molar-refractivity contribution in [1.29, 1.82) is 0 Å². The van der Waals surface area contributed by atoms with E-state index in [1.54, 1.807) is 36.4 Å². The van der Waals surface area contributed by atoms with Crippen molar-refractivity contribution in [1.82, 2.24) is 0 Å². The van der Waals surface area contributed by atoms with Gasteiger partial charge in [-0.2, -0.15) is 0 Å². The van der Waals surface area contributed by atoms with Crippen LogP contribution in [0.4, 0.5) is 4.39 Å². The monoisotopic (exact) mass is 614 g/mol. The first kappa shape index (κ1) is 30.4. The third-order valence-corrected chi connectivity index (χ3v) is 11.9. The predicted octanol–water partition coefficient (Wildman–Crippen LogP) is 5.22. The zero-order valence-corrected chi connectivity index (χ0v) is 25.8. The molecule has 7 nitrogen and oxygen atoms in total. The van der Waals surface area contributed by atoms with Crippen LogP contribution in [0.15, 0.2) is 66.3 Å². The molecular formula is C37H39FO7. The number of rotatable bonds is 6. The van der Waals surface area contributed by atoms with Gasteiger partial charge in [0.15, 0.2) is 29.2 Å². The highest BCUT2D eigenvalue weighted by Gasteiger charge is 2.76. The van der Waals surface area contributed by atoms with E-state index in [1.165, 1.54) is 13.0 Å². The molecule has 2 aromatic rings. The summed E-state index contributed by atoms with van der Waals surface area (Å²) in [5, 5.41) is 22.0. The maximum absolute atomic E-state index is 15.7. The second-order valence-corrected chi connectivity index (χ2v) is 14.1. The lowest BCUT2D eigenvalue weighted by atomic mass is 9.46. The van der Waals surface area contributed by atoms with E-state index in [1.807, 2.05) is 25.1 Å². The quantitative estimate of drug-likeness (QED) is 0.430. The molecular weight excluding hydrogens is 575 g/mol. The molecule has 4 aliphatic carbocycles. The molecule has 45 heavy (non-hydrogen) atoms. The van der Waals surface area contributed by atoms with Crippen molar-refractivity contribution in [3.63, 3.8) is 0 Å². The molecule has 0 spiro atoms. The second-order valence-electron chi connectivity index (χ2n) is 14.1. The molecule has 0 radical (unpaired) electrons. The van der Waals surface area contributed by atoms with Gasteiger partial charge in [-0.15, -0.1) is 0 Å². The van der Waals surface area contributed by atoms with Gasteiger partial charge in [0.2, 0.25) is 0 Å². The molecule has 236 valence electrons. The first-order chi connectivity index (χ1) is 21.4. The van der Waals surface area contributed by atoms with Crippen LogP contribution in [-0.2, 0) is 25.5 Å². The fraction of sp³-hybridized carbons (Fsp3) is 0.486. The van der Waals surface area contributed by atoms with Crippen molar-refractivity contribution in [2.24, 2.45) is 28.6 Å². The summed E-state index contributed by atoms with van der Waals surface area (Å²) >= 11 is 0. The summed E-state index contributed by atoms with van der Waals surface area (Å²) in [6.45, 7) is 4.81. The molecule has 8 heteroatoms. The highest BCUT2D eigenvalue weighted by molar-refractivity contribution is 6.01. The van der Waals surface area contributed by atoms with Crippen LogP contribution in [0.1, 0.15) is 79.8 Å². The number of Topliss-reactive ketones (excluding diaryl/α,β-unsaturated/α-hetero) is 2. The molecule has 0 unspecified atom stereocenters. The Balaban J connectivity index is 1.17. The molecule has 4 fully saturated rings. The Morgan fingerprint density at radius 3 is 2.51 bits per heavy atom. The van der Waals surface area contributed by atoms with Crippen LogP contribution in [0.5, 0.6) is 0 Å². The number of aliphatic hydroxyl groups is 2. The van der Waals surface area contributed by atoms with Gasteiger partial charge in [-0.1, -0.05) is 61.9 Å². The van der Waals surface area contributed by atoms with E-state index in [9.17, 15) is 24.6 Å². The van der Waals surface area contributed by atoms with Gasteiger partial charge in [0, 0.05) is 27.9 Å². The SMILES string of the molecule is CC(=O)c1ccc(Cc2ccc([C@@H]3O[C@@H]4C[C@H]5[C@@H]6CCC7=CC(=O)C=C[C@]7(C)[C@H]6[C@@H](O)C[C@]5(C)[C@]4(C(=O)CO)O3)c(F)c2)cc1. The molecule has 2 N–H and O–H groups in total. The fourth-order valence-corrected chi connectivity index (χ4v) is 9.79. The van der Waals surface area contributed by atoms with Gasteiger partial charge in [0.05, 0.1) is 12.2 Å². The summed E-state index contributed by atoms with van der Waals surface area (Å²) in [5.74, 6) is -1.22. The third kappa shape index (κ3) is 4.40. The highest BCUT2D eigenvalue weighted by Crippen LogP contribution is 2.70. The molecule has 1 saturated heterocycles. The van der Waals surface area contributed by atoms with E-state index >= 15 is 4.39 Å². The number of ketones is 3. The number of benzene rings is 2. The summed E-state index contributed by atoms with van der Waals surface area (Å²) in [7, 11) is 0. The van der Waals surface area contributed by atoms with Gasteiger partial charge in [-0.25, -0.2) is 4.39 Å². The van der Waals surface area contributed by atoms with Crippen LogP contribution in [0.2, 0.25) is 0 Å². The number of carbonyl (C=O) groups is 3. The molecule has 1 aliphatic heterocycles. The summed E-state index contributed by atoms with van der Waals surface area (Å²) in [4.78, 5) is 37.5. The number of halogens is 1. The van der Waals surface area contributed by atoms with Crippen molar-refractivity contribution >= 4 is 17.3 Å². The molecule has 0 bridgehead atoms. The topological polar surface area (TPSA) is 110 Å². The zero-order valence-electron chi connectivity index (χ0n) is 25.8. The van der Waals surface area contributed by atoms with Crippen LogP contribution in [0.25, 0.3) is 0 Å². The number of aliphatic hydroxyl groups excluding tert-OH is 2. The smallest absolute Gasteiger partial charge is 0.193 e. The minimum Gasteiger partial charge on any atom is -0.393 e. The molecule has 1 heterocycles.